The van der Waals surface area contributed by atoms with Crippen molar-refractivity contribution < 1.29 is 89.9 Å². The van der Waals surface area contributed by atoms with Crippen LogP contribution in [0.15, 0.2) is 40.1 Å². The Labute approximate surface area is 182 Å². The Kier molecular flexibility index (Phi) is 8.37. The summed E-state index contributed by atoms with van der Waals surface area (Å²) in [6, 6.07) is 3.86. The SMILES string of the molecule is NC(=O)Nc1cc(S(=O)(=O)[O-])cc2cc(S(=O)(=O)[O-])ccc12.[Na+].[Na+]. The van der Waals surface area contributed by atoms with E-state index in [4.69, 9.17) is 5.73 Å². The van der Waals surface area contributed by atoms with Gasteiger partial charge in [-0.05, 0) is 29.7 Å². The number of carbonyl (C=O) groups is 1. The molecule has 2 aromatic carbocycles. The maximum atomic E-state index is 11.1. The van der Waals surface area contributed by atoms with Crippen molar-refractivity contribution in [2.45, 2.75) is 9.79 Å². The quantitative estimate of drug-likeness (QED) is 0.388. The molecule has 0 bridgehead atoms. The number of anilines is 1. The van der Waals surface area contributed by atoms with Gasteiger partial charge in [-0.2, -0.15) is 0 Å². The molecule has 0 spiro atoms. The van der Waals surface area contributed by atoms with Crippen molar-refractivity contribution in [1.29, 1.82) is 0 Å². The molecule has 0 aliphatic heterocycles. The van der Waals surface area contributed by atoms with Crippen molar-refractivity contribution in [3.63, 3.8) is 0 Å². The fourth-order valence-electron chi connectivity index (χ4n) is 1.86. The Balaban J connectivity index is 0.00000264. The first-order valence-corrected chi connectivity index (χ1v) is 8.36. The van der Waals surface area contributed by atoms with Gasteiger partial charge in [-0.25, -0.2) is 21.6 Å². The van der Waals surface area contributed by atoms with Gasteiger partial charge in [-0.3, -0.25) is 0 Å². The van der Waals surface area contributed by atoms with Gasteiger partial charge in [0.2, 0.25) is 0 Å². The molecule has 0 atom stereocenters. The van der Waals surface area contributed by atoms with E-state index >= 15 is 0 Å². The van der Waals surface area contributed by atoms with Crippen LogP contribution in [0.3, 0.4) is 0 Å². The van der Waals surface area contributed by atoms with E-state index in [0.717, 1.165) is 24.3 Å². The zero-order valence-corrected chi connectivity index (χ0v) is 18.3. The smallest absolute Gasteiger partial charge is 0.744 e. The van der Waals surface area contributed by atoms with E-state index in [1.165, 1.54) is 6.07 Å². The average molecular weight is 390 g/mol. The van der Waals surface area contributed by atoms with Gasteiger partial charge < -0.3 is 20.2 Å². The summed E-state index contributed by atoms with van der Waals surface area (Å²) < 4.78 is 66.3. The van der Waals surface area contributed by atoms with E-state index in [2.05, 4.69) is 5.32 Å². The van der Waals surface area contributed by atoms with Crippen LogP contribution in [0.2, 0.25) is 0 Å². The van der Waals surface area contributed by atoms with E-state index in [-0.39, 0.29) is 75.6 Å². The number of carbonyl (C=O) groups excluding carboxylic acids is 1. The van der Waals surface area contributed by atoms with Crippen molar-refractivity contribution in [3.05, 3.63) is 30.3 Å². The average Bonchev–Trinajstić information content (AvgIpc) is 2.35. The molecule has 0 aliphatic carbocycles. The number of urea groups is 1. The molecule has 2 amide bonds. The molecule has 13 heteroatoms. The van der Waals surface area contributed by atoms with Crippen LogP contribution in [0.25, 0.3) is 10.8 Å². The first-order valence-electron chi connectivity index (χ1n) is 5.54. The molecule has 0 aliphatic rings. The van der Waals surface area contributed by atoms with Crippen LogP contribution in [0.4, 0.5) is 10.5 Å². The summed E-state index contributed by atoms with van der Waals surface area (Å²) in [6.45, 7) is 0. The van der Waals surface area contributed by atoms with E-state index in [1.54, 1.807) is 0 Å². The number of hydrogen-bond acceptors (Lipinski definition) is 7. The third-order valence-electron chi connectivity index (χ3n) is 2.73. The van der Waals surface area contributed by atoms with Gasteiger partial charge in [0.05, 0.1) is 15.5 Å². The van der Waals surface area contributed by atoms with E-state index in [9.17, 15) is 30.7 Å². The first-order chi connectivity index (χ1) is 9.98. The van der Waals surface area contributed by atoms with Crippen LogP contribution in [0.5, 0.6) is 0 Å². The Bertz CT molecular complexity index is 986. The van der Waals surface area contributed by atoms with Crippen LogP contribution in [-0.2, 0) is 20.2 Å². The number of rotatable bonds is 3. The molecule has 24 heavy (non-hydrogen) atoms. The summed E-state index contributed by atoms with van der Waals surface area (Å²) in [6.07, 6.45) is 0. The van der Waals surface area contributed by atoms with Gasteiger partial charge in [0.1, 0.15) is 20.2 Å². The number of fused-ring (bicyclic) bond motifs is 1. The number of benzene rings is 2. The molecule has 118 valence electrons. The van der Waals surface area contributed by atoms with Gasteiger partial charge >= 0.3 is 65.1 Å². The molecular formula is C11H8N2Na2O7S2. The number of hydrogen-bond donors (Lipinski definition) is 2. The molecule has 0 fully saturated rings. The largest absolute Gasteiger partial charge is 1.00 e. The first kappa shape index (κ1) is 23.8. The maximum absolute atomic E-state index is 11.1. The minimum absolute atomic E-state index is 0. The molecular weight excluding hydrogens is 382 g/mol. The topological polar surface area (TPSA) is 170 Å². The fraction of sp³-hybridized carbons (Fsp3) is 0. The molecule has 0 saturated heterocycles. The maximum Gasteiger partial charge on any atom is 1.00 e. The van der Waals surface area contributed by atoms with Crippen molar-refractivity contribution in [3.8, 4) is 0 Å². The molecule has 2 rings (SSSR count). The standard InChI is InChI=1S/C11H10N2O7S2.2Na/c12-11(14)13-10-5-8(22(18,19)20)4-6-3-7(21(15,16)17)1-2-9(6)10;;/h1-5H,(H3,12,13,14)(H,15,16,17)(H,18,19,20);;/q;2*+1/p-2. The predicted molar refractivity (Wildman–Crippen MR) is 73.1 cm³/mol. The third kappa shape index (κ3) is 5.66. The second-order valence-electron chi connectivity index (χ2n) is 4.25. The molecule has 3 N–H and O–H groups in total. The van der Waals surface area contributed by atoms with Gasteiger partial charge in [0, 0.05) is 5.39 Å². The van der Waals surface area contributed by atoms with Crippen LogP contribution in [0.1, 0.15) is 0 Å². The summed E-state index contributed by atoms with van der Waals surface area (Å²) in [5, 5.41) is 2.30. The molecule has 2 aromatic rings. The zero-order chi connectivity index (χ0) is 16.7. The van der Waals surface area contributed by atoms with Gasteiger partial charge in [0.25, 0.3) is 0 Å². The summed E-state index contributed by atoms with van der Waals surface area (Å²) >= 11 is 0. The third-order valence-corrected chi connectivity index (χ3v) is 4.38. The van der Waals surface area contributed by atoms with E-state index in [1.807, 2.05) is 0 Å². The number of primary amides is 1. The van der Waals surface area contributed by atoms with Crippen molar-refractivity contribution in [2.24, 2.45) is 5.73 Å². The molecule has 0 aromatic heterocycles. The van der Waals surface area contributed by atoms with Gasteiger partial charge in [0.15, 0.2) is 0 Å². The zero-order valence-electron chi connectivity index (χ0n) is 12.6. The normalized spacial score (nSPS) is 11.2. The fourth-order valence-corrected chi connectivity index (χ4v) is 2.90. The molecule has 0 radical (unpaired) electrons. The van der Waals surface area contributed by atoms with Crippen LogP contribution < -0.4 is 70.2 Å². The van der Waals surface area contributed by atoms with Crippen LogP contribution in [0, 0.1) is 0 Å². The second kappa shape index (κ2) is 8.45. The molecule has 9 nitrogen and oxygen atoms in total. The van der Waals surface area contributed by atoms with E-state index < -0.39 is 36.1 Å². The predicted octanol–water partition coefficient (Wildman–Crippen LogP) is -5.85. The molecule has 0 heterocycles. The van der Waals surface area contributed by atoms with Gasteiger partial charge in [-0.15, -0.1) is 0 Å². The summed E-state index contributed by atoms with van der Waals surface area (Å²) in [4.78, 5) is 9.63. The van der Waals surface area contributed by atoms with Crippen LogP contribution in [-0.4, -0.2) is 32.0 Å². The Morgan fingerprint density at radius 3 is 1.88 bits per heavy atom. The Morgan fingerprint density at radius 2 is 1.42 bits per heavy atom. The monoisotopic (exact) mass is 390 g/mol. The number of nitrogens with one attached hydrogen (secondary N) is 1. The minimum atomic E-state index is -4.87. The van der Waals surface area contributed by atoms with Crippen molar-refractivity contribution in [2.75, 3.05) is 5.32 Å². The van der Waals surface area contributed by atoms with Crippen molar-refractivity contribution in [1.82, 2.24) is 0 Å². The molecule has 0 saturated carbocycles. The minimum Gasteiger partial charge on any atom is -0.744 e. The summed E-state index contributed by atoms with van der Waals surface area (Å²) in [5.74, 6) is 0. The second-order valence-corrected chi connectivity index (χ2v) is 7.01. The summed E-state index contributed by atoms with van der Waals surface area (Å²) in [7, 11) is -9.64. The molecule has 0 unspecified atom stereocenters. The van der Waals surface area contributed by atoms with E-state index in [0.29, 0.717) is 0 Å². The number of amides is 2. The number of nitrogens with two attached hydrogens (primary N) is 1. The Hall–Kier alpha value is -0.210. The van der Waals surface area contributed by atoms with Crippen LogP contribution >= 0.6 is 0 Å². The van der Waals surface area contributed by atoms with Crippen molar-refractivity contribution >= 4 is 42.7 Å². The summed E-state index contributed by atoms with van der Waals surface area (Å²) in [5.41, 5.74) is 4.85. The van der Waals surface area contributed by atoms with Gasteiger partial charge in [-0.1, -0.05) is 6.07 Å². The Morgan fingerprint density at radius 1 is 0.917 bits per heavy atom.